The van der Waals surface area contributed by atoms with E-state index in [-0.39, 0.29) is 0 Å². The van der Waals surface area contributed by atoms with E-state index in [2.05, 4.69) is 20.8 Å². The smallest absolute Gasteiger partial charge is 0.331 e. The summed E-state index contributed by atoms with van der Waals surface area (Å²) in [6.07, 6.45) is 14.6. The molecule has 0 aliphatic heterocycles. The number of carboxylic acid groups (broad SMARTS) is 1. The van der Waals surface area contributed by atoms with Crippen LogP contribution in [0.4, 0.5) is 0 Å². The van der Waals surface area contributed by atoms with E-state index in [1.54, 1.807) is 0 Å². The van der Waals surface area contributed by atoms with Gasteiger partial charge in [-0.1, -0.05) is 59.3 Å². The maximum atomic E-state index is 12.1. The second kappa shape index (κ2) is 14.1. The molecule has 0 saturated heterocycles. The summed E-state index contributed by atoms with van der Waals surface area (Å²) in [6.45, 7) is 6.47. The number of carbonyl (C=O) groups is 2. The van der Waals surface area contributed by atoms with Crippen molar-refractivity contribution in [3.05, 3.63) is 12.2 Å². The molecule has 0 saturated carbocycles. The van der Waals surface area contributed by atoms with Crippen molar-refractivity contribution >= 4 is 11.9 Å². The average Bonchev–Trinajstić information content (AvgIpc) is 2.56. The topological polar surface area (TPSA) is 63.6 Å². The summed E-state index contributed by atoms with van der Waals surface area (Å²) in [7, 11) is 0. The lowest BCUT2D eigenvalue weighted by molar-refractivity contribution is -0.157. The standard InChI is InChI=1S/C20H36O4/c1-4-7-10-11-12-17-20(15-8-5-2,16-9-6-3)24-19(23)14-13-18(21)22/h13-14H,4-12,15-17H2,1-3H3,(H,21,22)/b14-13-. The van der Waals surface area contributed by atoms with Crippen LogP contribution < -0.4 is 0 Å². The second-order valence-corrected chi connectivity index (χ2v) is 6.65. The fourth-order valence-corrected chi connectivity index (χ4v) is 2.96. The highest BCUT2D eigenvalue weighted by Gasteiger charge is 2.32. The molecule has 0 aromatic rings. The molecule has 4 heteroatoms. The van der Waals surface area contributed by atoms with Gasteiger partial charge in [-0.15, -0.1) is 0 Å². The van der Waals surface area contributed by atoms with E-state index in [0.29, 0.717) is 0 Å². The maximum Gasteiger partial charge on any atom is 0.331 e. The molecule has 0 fully saturated rings. The lowest BCUT2D eigenvalue weighted by Gasteiger charge is -2.34. The van der Waals surface area contributed by atoms with Gasteiger partial charge in [-0.25, -0.2) is 9.59 Å². The van der Waals surface area contributed by atoms with Crippen molar-refractivity contribution in [1.29, 1.82) is 0 Å². The van der Waals surface area contributed by atoms with E-state index in [0.717, 1.165) is 69.9 Å². The van der Waals surface area contributed by atoms with Crippen molar-refractivity contribution in [2.24, 2.45) is 0 Å². The molecule has 140 valence electrons. The van der Waals surface area contributed by atoms with Crippen LogP contribution in [0, 0.1) is 0 Å². The summed E-state index contributed by atoms with van der Waals surface area (Å²) in [5.74, 6) is -1.66. The Hall–Kier alpha value is -1.32. The van der Waals surface area contributed by atoms with Gasteiger partial charge in [-0.2, -0.15) is 0 Å². The Balaban J connectivity index is 4.88. The number of rotatable bonds is 15. The molecule has 0 heterocycles. The molecule has 0 atom stereocenters. The average molecular weight is 341 g/mol. The highest BCUT2D eigenvalue weighted by molar-refractivity contribution is 5.90. The van der Waals surface area contributed by atoms with E-state index in [1.807, 2.05) is 0 Å². The maximum absolute atomic E-state index is 12.1. The quantitative estimate of drug-likeness (QED) is 0.238. The molecular formula is C20H36O4. The van der Waals surface area contributed by atoms with E-state index < -0.39 is 17.5 Å². The molecule has 24 heavy (non-hydrogen) atoms. The molecule has 0 aromatic carbocycles. The van der Waals surface area contributed by atoms with Gasteiger partial charge in [0.15, 0.2) is 0 Å². The Morgan fingerprint density at radius 3 is 1.79 bits per heavy atom. The van der Waals surface area contributed by atoms with Crippen molar-refractivity contribution in [2.45, 2.75) is 103 Å². The normalized spacial score (nSPS) is 11.8. The minimum Gasteiger partial charge on any atom is -0.478 e. The largest absolute Gasteiger partial charge is 0.478 e. The number of hydrogen-bond donors (Lipinski definition) is 1. The van der Waals surface area contributed by atoms with Gasteiger partial charge in [-0.3, -0.25) is 0 Å². The lowest BCUT2D eigenvalue weighted by Crippen LogP contribution is -2.35. The highest BCUT2D eigenvalue weighted by Crippen LogP contribution is 2.32. The molecule has 0 aliphatic rings. The number of unbranched alkanes of at least 4 members (excludes halogenated alkanes) is 6. The van der Waals surface area contributed by atoms with Crippen LogP contribution in [0.3, 0.4) is 0 Å². The Bertz CT molecular complexity index is 366. The van der Waals surface area contributed by atoms with Crippen LogP contribution in [0.1, 0.15) is 97.8 Å². The summed E-state index contributed by atoms with van der Waals surface area (Å²) in [5, 5.41) is 8.67. The number of carboxylic acids is 1. The molecule has 0 radical (unpaired) electrons. The van der Waals surface area contributed by atoms with E-state index >= 15 is 0 Å². The third-order valence-corrected chi connectivity index (χ3v) is 4.39. The second-order valence-electron chi connectivity index (χ2n) is 6.65. The van der Waals surface area contributed by atoms with Crippen molar-refractivity contribution in [2.75, 3.05) is 0 Å². The Morgan fingerprint density at radius 2 is 1.29 bits per heavy atom. The van der Waals surface area contributed by atoms with Gasteiger partial charge in [0, 0.05) is 12.2 Å². The highest BCUT2D eigenvalue weighted by atomic mass is 16.6. The first-order valence-corrected chi connectivity index (χ1v) is 9.63. The summed E-state index contributed by atoms with van der Waals surface area (Å²) in [6, 6.07) is 0. The van der Waals surface area contributed by atoms with Crippen LogP contribution in [0.2, 0.25) is 0 Å². The van der Waals surface area contributed by atoms with Gasteiger partial charge in [0.05, 0.1) is 0 Å². The fraction of sp³-hybridized carbons (Fsp3) is 0.800. The van der Waals surface area contributed by atoms with Crippen molar-refractivity contribution < 1.29 is 19.4 Å². The summed E-state index contributed by atoms with van der Waals surface area (Å²) in [4.78, 5) is 22.6. The van der Waals surface area contributed by atoms with Crippen LogP contribution in [-0.2, 0) is 14.3 Å². The first kappa shape index (κ1) is 22.7. The van der Waals surface area contributed by atoms with E-state index in [4.69, 9.17) is 9.84 Å². The Morgan fingerprint density at radius 1 is 0.792 bits per heavy atom. The Labute approximate surface area is 147 Å². The van der Waals surface area contributed by atoms with Gasteiger partial charge in [-0.05, 0) is 38.5 Å². The van der Waals surface area contributed by atoms with Crippen molar-refractivity contribution in [3.8, 4) is 0 Å². The molecule has 1 N–H and O–H groups in total. The van der Waals surface area contributed by atoms with Gasteiger partial charge < -0.3 is 9.84 Å². The van der Waals surface area contributed by atoms with Crippen LogP contribution in [0.25, 0.3) is 0 Å². The zero-order chi connectivity index (χ0) is 18.3. The SMILES string of the molecule is CCCCCCCC(CCCC)(CCCC)OC(=O)/C=C\C(=O)O. The summed E-state index contributed by atoms with van der Waals surface area (Å²) < 4.78 is 5.81. The number of esters is 1. The third-order valence-electron chi connectivity index (χ3n) is 4.39. The Kier molecular flexibility index (Phi) is 13.3. The van der Waals surface area contributed by atoms with Crippen molar-refractivity contribution in [1.82, 2.24) is 0 Å². The van der Waals surface area contributed by atoms with Gasteiger partial charge >= 0.3 is 11.9 Å². The van der Waals surface area contributed by atoms with Gasteiger partial charge in [0.25, 0.3) is 0 Å². The summed E-state index contributed by atoms with van der Waals surface area (Å²) in [5.41, 5.74) is -0.432. The first-order valence-electron chi connectivity index (χ1n) is 9.63. The minimum atomic E-state index is -1.13. The van der Waals surface area contributed by atoms with Gasteiger partial charge in [0.2, 0.25) is 0 Å². The number of hydrogen-bond acceptors (Lipinski definition) is 3. The predicted molar refractivity (Wildman–Crippen MR) is 98.0 cm³/mol. The zero-order valence-electron chi connectivity index (χ0n) is 15.8. The van der Waals surface area contributed by atoms with Crippen LogP contribution in [0.15, 0.2) is 12.2 Å². The molecule has 0 spiro atoms. The zero-order valence-corrected chi connectivity index (χ0v) is 15.8. The lowest BCUT2D eigenvalue weighted by atomic mass is 9.85. The number of ether oxygens (including phenoxy) is 1. The van der Waals surface area contributed by atoms with Crippen LogP contribution in [-0.4, -0.2) is 22.6 Å². The number of carbonyl (C=O) groups excluding carboxylic acids is 1. The predicted octanol–water partition coefficient (Wildman–Crippen LogP) is 5.65. The van der Waals surface area contributed by atoms with Gasteiger partial charge in [0.1, 0.15) is 5.60 Å². The monoisotopic (exact) mass is 340 g/mol. The minimum absolute atomic E-state index is 0.432. The van der Waals surface area contributed by atoms with Crippen LogP contribution in [0.5, 0.6) is 0 Å². The summed E-state index contributed by atoms with van der Waals surface area (Å²) >= 11 is 0. The molecule has 0 aliphatic carbocycles. The molecule has 0 aromatic heterocycles. The van der Waals surface area contributed by atoms with E-state index in [9.17, 15) is 9.59 Å². The number of aliphatic carboxylic acids is 1. The molecule has 0 amide bonds. The van der Waals surface area contributed by atoms with Crippen LogP contribution >= 0.6 is 0 Å². The molecule has 4 nitrogen and oxygen atoms in total. The first-order chi connectivity index (χ1) is 11.5. The third kappa shape index (κ3) is 11.3. The van der Waals surface area contributed by atoms with Crippen molar-refractivity contribution in [3.63, 3.8) is 0 Å². The molecule has 0 unspecified atom stereocenters. The van der Waals surface area contributed by atoms with E-state index in [1.165, 1.54) is 19.3 Å². The molecule has 0 bridgehead atoms. The fourth-order valence-electron chi connectivity index (χ4n) is 2.96. The molecular weight excluding hydrogens is 304 g/mol. The molecule has 0 rings (SSSR count).